The molecule has 2 rings (SSSR count). The van der Waals surface area contributed by atoms with Crippen LogP contribution in [0, 0.1) is 20.2 Å². The third-order valence-corrected chi connectivity index (χ3v) is 4.79. The number of nitrogens with zero attached hydrogens (tertiary/aromatic N) is 2. The topological polar surface area (TPSA) is 142 Å². The summed E-state index contributed by atoms with van der Waals surface area (Å²) in [7, 11) is 0. The maximum absolute atomic E-state index is 14.1. The van der Waals surface area contributed by atoms with Crippen LogP contribution in [-0.2, 0) is 4.79 Å². The minimum absolute atomic E-state index is 0.196. The van der Waals surface area contributed by atoms with Crippen molar-refractivity contribution in [1.29, 1.82) is 0 Å². The zero-order chi connectivity index (χ0) is 29.8. The number of non-ortho nitro benzene ring substituents is 1. The van der Waals surface area contributed by atoms with E-state index < -0.39 is 75.6 Å². The number of alkyl halides is 8. The molecule has 10 nitrogen and oxygen atoms in total. The van der Waals surface area contributed by atoms with E-state index in [9.17, 15) is 60.1 Å². The molecule has 0 radical (unpaired) electrons. The lowest BCUT2D eigenvalue weighted by Gasteiger charge is -2.36. The van der Waals surface area contributed by atoms with E-state index in [2.05, 4.69) is 9.47 Å². The van der Waals surface area contributed by atoms with Crippen molar-refractivity contribution < 1.29 is 64.3 Å². The summed E-state index contributed by atoms with van der Waals surface area (Å²) >= 11 is 0. The highest BCUT2D eigenvalue weighted by Gasteiger charge is 2.81. The van der Waals surface area contributed by atoms with Gasteiger partial charge in [-0.15, -0.1) is 0 Å². The van der Waals surface area contributed by atoms with Gasteiger partial charge in [-0.2, -0.15) is 35.1 Å². The molecule has 0 unspecified atom stereocenters. The molecule has 0 heterocycles. The third-order valence-electron chi connectivity index (χ3n) is 4.79. The van der Waals surface area contributed by atoms with Crippen molar-refractivity contribution in [1.82, 2.24) is 0 Å². The summed E-state index contributed by atoms with van der Waals surface area (Å²) in [5, 5.41) is 30.2. The first kappa shape index (κ1) is 30.7. The second-order valence-corrected chi connectivity index (χ2v) is 7.54. The Morgan fingerprint density at radius 1 is 0.821 bits per heavy atom. The molecule has 0 aliphatic carbocycles. The Morgan fingerprint density at radius 3 is 1.79 bits per heavy atom. The Morgan fingerprint density at radius 2 is 1.33 bits per heavy atom. The van der Waals surface area contributed by atoms with Gasteiger partial charge in [0.25, 0.3) is 5.69 Å². The van der Waals surface area contributed by atoms with Crippen molar-refractivity contribution in [3.05, 3.63) is 74.3 Å². The average Bonchev–Trinajstić information content (AvgIpc) is 2.85. The lowest BCUT2D eigenvalue weighted by Crippen LogP contribution is -2.65. The fourth-order valence-electron chi connectivity index (χ4n) is 2.71. The van der Waals surface area contributed by atoms with E-state index in [0.29, 0.717) is 18.2 Å². The molecule has 1 N–H and O–H groups in total. The van der Waals surface area contributed by atoms with Gasteiger partial charge in [0, 0.05) is 12.1 Å². The van der Waals surface area contributed by atoms with Crippen LogP contribution in [0.2, 0.25) is 0 Å². The molecule has 0 amide bonds. The second kappa shape index (κ2) is 11.1. The number of hydrogen-bond acceptors (Lipinski definition) is 7. The van der Waals surface area contributed by atoms with E-state index >= 15 is 0 Å². The first-order valence-corrected chi connectivity index (χ1v) is 10.0. The van der Waals surface area contributed by atoms with E-state index in [1.165, 1.54) is 0 Å². The fraction of sp³-hybridized carbons (Fsp3) is 0.286. The van der Waals surface area contributed by atoms with Gasteiger partial charge in [0.2, 0.25) is 0 Å². The molecule has 0 spiro atoms. The zero-order valence-corrected chi connectivity index (χ0v) is 18.8. The summed E-state index contributed by atoms with van der Waals surface area (Å²) in [6.45, 7) is -5.25. The van der Waals surface area contributed by atoms with E-state index in [1.54, 1.807) is 0 Å². The number of benzene rings is 2. The van der Waals surface area contributed by atoms with Gasteiger partial charge in [-0.25, -0.2) is 4.79 Å². The van der Waals surface area contributed by atoms with Crippen LogP contribution in [0.4, 0.5) is 46.5 Å². The Kier molecular flexibility index (Phi) is 8.72. The molecule has 0 atom stereocenters. The minimum atomic E-state index is -6.80. The summed E-state index contributed by atoms with van der Waals surface area (Å²) in [6, 6.07) is 4.99. The Balaban J connectivity index is 2.20. The molecule has 0 bridgehead atoms. The van der Waals surface area contributed by atoms with Crippen LogP contribution < -0.4 is 9.47 Å². The fourth-order valence-corrected chi connectivity index (χ4v) is 2.71. The van der Waals surface area contributed by atoms with E-state index in [-0.39, 0.29) is 11.6 Å². The molecule has 0 saturated carbocycles. The number of hydrogen-bond donors (Lipinski definition) is 1. The second-order valence-electron chi connectivity index (χ2n) is 7.54. The van der Waals surface area contributed by atoms with Gasteiger partial charge in [0.1, 0.15) is 5.75 Å². The standard InChI is InChI=1S/C21H14F8N2O8/c22-18(23,10-38-14-5-1-12(2-6-14)3-8-17(32)33)20(26,27)21(28,29)19(24,25)11-39-16-7-4-13(30(34)35)9-15(16)31(36)37/h1-9H,10-11H2,(H,32,33). The predicted molar refractivity (Wildman–Crippen MR) is 114 cm³/mol. The molecular weight excluding hydrogens is 560 g/mol. The van der Waals surface area contributed by atoms with Gasteiger partial charge in [0.05, 0.1) is 15.9 Å². The smallest absolute Gasteiger partial charge is 0.381 e. The first-order valence-electron chi connectivity index (χ1n) is 10.0. The van der Waals surface area contributed by atoms with Crippen LogP contribution in [0.5, 0.6) is 11.5 Å². The summed E-state index contributed by atoms with van der Waals surface area (Å²) in [5.74, 6) is -28.7. The van der Waals surface area contributed by atoms with Crippen LogP contribution in [0.15, 0.2) is 48.5 Å². The molecule has 0 aliphatic rings. The molecule has 0 aromatic heterocycles. The molecule has 0 aliphatic heterocycles. The molecule has 18 heteroatoms. The predicted octanol–water partition coefficient (Wildman–Crippen LogP) is 5.60. The van der Waals surface area contributed by atoms with Gasteiger partial charge >= 0.3 is 35.3 Å². The number of nitro benzene ring substituents is 2. The van der Waals surface area contributed by atoms with E-state index in [0.717, 1.165) is 30.3 Å². The number of rotatable bonds is 13. The third kappa shape index (κ3) is 6.68. The van der Waals surface area contributed by atoms with Gasteiger partial charge in [-0.3, -0.25) is 20.2 Å². The minimum Gasteiger partial charge on any atom is -0.487 e. The summed E-state index contributed by atoms with van der Waals surface area (Å²) in [6.07, 6.45) is 1.77. The van der Waals surface area contributed by atoms with Crippen molar-refractivity contribution in [3.63, 3.8) is 0 Å². The van der Waals surface area contributed by atoms with Gasteiger partial charge in [-0.1, -0.05) is 12.1 Å². The maximum atomic E-state index is 14.1. The monoisotopic (exact) mass is 574 g/mol. The molecule has 39 heavy (non-hydrogen) atoms. The number of nitro groups is 2. The summed E-state index contributed by atoms with van der Waals surface area (Å²) in [4.78, 5) is 29.6. The SMILES string of the molecule is O=C(O)C=Cc1ccc(OCC(F)(F)C(F)(F)C(F)(F)C(F)(F)COc2ccc([N+](=O)[O-])cc2[N+](=O)[O-])cc1. The van der Waals surface area contributed by atoms with Crippen LogP contribution >= 0.6 is 0 Å². The Hall–Kier alpha value is -4.51. The molecular formula is C21H14F8N2O8. The normalized spacial score (nSPS) is 12.8. The van der Waals surface area contributed by atoms with Crippen molar-refractivity contribution in [2.45, 2.75) is 23.7 Å². The quantitative estimate of drug-likeness (QED) is 0.141. The maximum Gasteiger partial charge on any atom is 0.381 e. The van der Waals surface area contributed by atoms with E-state index in [1.807, 2.05) is 0 Å². The molecule has 0 fully saturated rings. The summed E-state index contributed by atoms with van der Waals surface area (Å²) in [5.41, 5.74) is -2.09. The number of ether oxygens (including phenoxy) is 2. The van der Waals surface area contributed by atoms with Crippen LogP contribution in [0.1, 0.15) is 5.56 Å². The lowest BCUT2D eigenvalue weighted by molar-refractivity contribution is -0.395. The van der Waals surface area contributed by atoms with Gasteiger partial charge in [-0.05, 0) is 29.8 Å². The summed E-state index contributed by atoms with van der Waals surface area (Å²) < 4.78 is 121. The average molecular weight is 574 g/mol. The number of halogens is 8. The molecule has 2 aromatic rings. The molecule has 2 aromatic carbocycles. The van der Waals surface area contributed by atoms with Crippen molar-refractivity contribution >= 4 is 23.4 Å². The molecule has 0 saturated heterocycles. The zero-order valence-electron chi connectivity index (χ0n) is 18.8. The van der Waals surface area contributed by atoms with Crippen LogP contribution in [-0.4, -0.2) is 57.8 Å². The highest BCUT2D eigenvalue weighted by Crippen LogP contribution is 2.53. The Bertz CT molecular complexity index is 1270. The van der Waals surface area contributed by atoms with E-state index in [4.69, 9.17) is 5.11 Å². The highest BCUT2D eigenvalue weighted by atomic mass is 19.4. The van der Waals surface area contributed by atoms with Gasteiger partial charge < -0.3 is 14.6 Å². The lowest BCUT2D eigenvalue weighted by atomic mass is 9.99. The van der Waals surface area contributed by atoms with Crippen molar-refractivity contribution in [3.8, 4) is 11.5 Å². The number of carboxylic acids is 1. The van der Waals surface area contributed by atoms with Crippen molar-refractivity contribution in [2.75, 3.05) is 13.2 Å². The number of carboxylic acid groups (broad SMARTS) is 1. The van der Waals surface area contributed by atoms with Crippen molar-refractivity contribution in [2.24, 2.45) is 0 Å². The first-order chi connectivity index (χ1) is 17.8. The Labute approximate surface area is 211 Å². The van der Waals surface area contributed by atoms with Crippen LogP contribution in [0.25, 0.3) is 6.08 Å². The number of carbonyl (C=O) groups is 1. The van der Waals surface area contributed by atoms with Crippen LogP contribution in [0.3, 0.4) is 0 Å². The highest BCUT2D eigenvalue weighted by molar-refractivity contribution is 5.85. The largest absolute Gasteiger partial charge is 0.487 e. The van der Waals surface area contributed by atoms with Gasteiger partial charge in [0.15, 0.2) is 19.0 Å². The molecule has 212 valence electrons. The number of aliphatic carboxylic acids is 1.